The van der Waals surface area contributed by atoms with E-state index >= 15 is 0 Å². The van der Waals surface area contributed by atoms with Crippen molar-refractivity contribution in [2.24, 2.45) is 0 Å². The molecule has 0 unspecified atom stereocenters. The number of phenolic OH excluding ortho intramolecular Hbond substituents is 1. The zero-order chi connectivity index (χ0) is 13.8. The third-order valence-electron chi connectivity index (χ3n) is 2.55. The number of nitrogen functional groups attached to an aromatic ring is 1. The van der Waals surface area contributed by atoms with E-state index in [9.17, 15) is 15.2 Å². The lowest BCUT2D eigenvalue weighted by Gasteiger charge is -2.05. The highest BCUT2D eigenvalue weighted by molar-refractivity contribution is 7.98. The molecule has 3 N–H and O–H groups in total. The van der Waals surface area contributed by atoms with Crippen LogP contribution in [0.2, 0.25) is 0 Å². The number of thioether (sulfide) groups is 1. The number of nitro benzene ring substituents is 1. The molecule has 0 saturated heterocycles. The molecule has 2 rings (SSSR count). The minimum Gasteiger partial charge on any atom is -0.507 e. The van der Waals surface area contributed by atoms with Crippen molar-refractivity contribution >= 4 is 23.1 Å². The maximum atomic E-state index is 10.6. The second-order valence-electron chi connectivity index (χ2n) is 3.91. The molecule has 0 fully saturated rings. The number of benzene rings is 2. The molecule has 5 nitrogen and oxygen atoms in total. The second-order valence-corrected chi connectivity index (χ2v) is 4.92. The fraction of sp³-hybridized carbons (Fsp3) is 0.0769. The number of hydrogen-bond donors (Lipinski definition) is 2. The summed E-state index contributed by atoms with van der Waals surface area (Å²) in [4.78, 5) is 10.9. The van der Waals surface area contributed by atoms with E-state index in [0.29, 0.717) is 5.75 Å². The lowest BCUT2D eigenvalue weighted by molar-refractivity contribution is -0.383. The molecule has 98 valence electrons. The highest BCUT2D eigenvalue weighted by Gasteiger charge is 2.11. The van der Waals surface area contributed by atoms with Gasteiger partial charge in [-0.2, -0.15) is 0 Å². The van der Waals surface area contributed by atoms with Crippen LogP contribution < -0.4 is 5.73 Å². The Bertz CT molecular complexity index is 617. The topological polar surface area (TPSA) is 89.4 Å². The molecule has 2 aromatic rings. The molecule has 2 aromatic carbocycles. The van der Waals surface area contributed by atoms with E-state index in [1.54, 1.807) is 24.3 Å². The van der Waals surface area contributed by atoms with Gasteiger partial charge in [0, 0.05) is 16.7 Å². The Morgan fingerprint density at radius 2 is 2.00 bits per heavy atom. The first-order valence-electron chi connectivity index (χ1n) is 5.51. The average molecular weight is 276 g/mol. The van der Waals surface area contributed by atoms with Crippen LogP contribution in [0.3, 0.4) is 0 Å². The van der Waals surface area contributed by atoms with E-state index in [4.69, 9.17) is 5.73 Å². The first-order valence-corrected chi connectivity index (χ1v) is 6.50. The molecule has 0 aliphatic carbocycles. The summed E-state index contributed by atoms with van der Waals surface area (Å²) < 4.78 is 0. The first-order chi connectivity index (χ1) is 9.08. The third kappa shape index (κ3) is 3.17. The number of aromatic hydroxyl groups is 1. The summed E-state index contributed by atoms with van der Waals surface area (Å²) in [6.45, 7) is 0. The second kappa shape index (κ2) is 5.62. The van der Waals surface area contributed by atoms with Gasteiger partial charge >= 0.3 is 0 Å². The molecule has 19 heavy (non-hydrogen) atoms. The Morgan fingerprint density at radius 1 is 1.26 bits per heavy atom. The molecule has 0 aliphatic heterocycles. The minimum atomic E-state index is -0.505. The van der Waals surface area contributed by atoms with Crippen molar-refractivity contribution in [3.63, 3.8) is 0 Å². The fourth-order valence-electron chi connectivity index (χ4n) is 1.60. The molecule has 0 aromatic heterocycles. The van der Waals surface area contributed by atoms with Crippen LogP contribution in [0.25, 0.3) is 0 Å². The van der Waals surface area contributed by atoms with Gasteiger partial charge in [0.25, 0.3) is 5.69 Å². The molecule has 0 bridgehead atoms. The molecular formula is C13H12N2O3S. The van der Waals surface area contributed by atoms with E-state index in [1.807, 2.05) is 12.1 Å². The van der Waals surface area contributed by atoms with Crippen molar-refractivity contribution in [3.8, 4) is 5.75 Å². The summed E-state index contributed by atoms with van der Waals surface area (Å²) >= 11 is 1.45. The molecule has 6 heteroatoms. The Morgan fingerprint density at radius 3 is 2.63 bits per heavy atom. The minimum absolute atomic E-state index is 0.0868. The van der Waals surface area contributed by atoms with Gasteiger partial charge in [-0.05, 0) is 23.8 Å². The predicted molar refractivity (Wildman–Crippen MR) is 75.2 cm³/mol. The fourth-order valence-corrected chi connectivity index (χ4v) is 2.49. The summed E-state index contributed by atoms with van der Waals surface area (Å²) in [6, 6.07) is 11.7. The van der Waals surface area contributed by atoms with Gasteiger partial charge in [0.2, 0.25) is 0 Å². The molecule has 0 aliphatic rings. The van der Waals surface area contributed by atoms with Crippen LogP contribution in [0, 0.1) is 10.1 Å². The van der Waals surface area contributed by atoms with Gasteiger partial charge in [0.1, 0.15) is 11.4 Å². The van der Waals surface area contributed by atoms with E-state index in [0.717, 1.165) is 10.5 Å². The summed E-state index contributed by atoms with van der Waals surface area (Å²) in [5.74, 6) is 0.808. The van der Waals surface area contributed by atoms with E-state index in [-0.39, 0.29) is 17.1 Å². The number of nitrogens with zero attached hydrogens (tertiary/aromatic N) is 1. The largest absolute Gasteiger partial charge is 0.507 e. The van der Waals surface area contributed by atoms with Gasteiger partial charge in [0.05, 0.1) is 4.92 Å². The zero-order valence-corrected chi connectivity index (χ0v) is 10.8. The van der Waals surface area contributed by atoms with Crippen LogP contribution in [-0.4, -0.2) is 10.0 Å². The first kappa shape index (κ1) is 13.2. The summed E-state index contributed by atoms with van der Waals surface area (Å²) in [6.07, 6.45) is 0. The summed E-state index contributed by atoms with van der Waals surface area (Å²) in [5, 5.41) is 20.3. The van der Waals surface area contributed by atoms with Gasteiger partial charge in [-0.25, -0.2) is 0 Å². The van der Waals surface area contributed by atoms with Gasteiger partial charge < -0.3 is 10.8 Å². The average Bonchev–Trinajstić information content (AvgIpc) is 2.37. The Hall–Kier alpha value is -2.21. The van der Waals surface area contributed by atoms with Crippen LogP contribution in [0.4, 0.5) is 11.4 Å². The SMILES string of the molecule is Nc1cc(CSc2ccccc2O)ccc1[N+](=O)[O-]. The summed E-state index contributed by atoms with van der Waals surface area (Å²) in [7, 11) is 0. The quantitative estimate of drug-likeness (QED) is 0.387. The monoisotopic (exact) mass is 276 g/mol. The molecule has 0 spiro atoms. The Labute approximate surface area is 114 Å². The molecule has 0 amide bonds. The van der Waals surface area contributed by atoms with Crippen LogP contribution in [0.15, 0.2) is 47.4 Å². The predicted octanol–water partition coefficient (Wildman–Crippen LogP) is 3.17. The van der Waals surface area contributed by atoms with Gasteiger partial charge in [-0.15, -0.1) is 11.8 Å². The van der Waals surface area contributed by atoms with E-state index < -0.39 is 4.92 Å². The number of nitro groups is 1. The van der Waals surface area contributed by atoms with Crippen molar-refractivity contribution in [1.82, 2.24) is 0 Å². The van der Waals surface area contributed by atoms with E-state index in [2.05, 4.69) is 0 Å². The van der Waals surface area contributed by atoms with Crippen molar-refractivity contribution in [2.75, 3.05) is 5.73 Å². The molecule has 0 atom stereocenters. The van der Waals surface area contributed by atoms with Crippen molar-refractivity contribution in [3.05, 3.63) is 58.1 Å². The number of para-hydroxylation sites is 1. The molecule has 0 saturated carbocycles. The lowest BCUT2D eigenvalue weighted by Crippen LogP contribution is -1.96. The lowest BCUT2D eigenvalue weighted by atomic mass is 10.2. The zero-order valence-electron chi connectivity index (χ0n) is 9.95. The maximum absolute atomic E-state index is 10.6. The standard InChI is InChI=1S/C13H12N2O3S/c14-10-7-9(5-6-11(10)15(17)18)8-19-13-4-2-1-3-12(13)16/h1-7,16H,8,14H2. The van der Waals surface area contributed by atoms with Crippen LogP contribution in [0.5, 0.6) is 5.75 Å². The van der Waals surface area contributed by atoms with Crippen molar-refractivity contribution in [1.29, 1.82) is 0 Å². The van der Waals surface area contributed by atoms with Crippen LogP contribution in [0.1, 0.15) is 5.56 Å². The maximum Gasteiger partial charge on any atom is 0.292 e. The number of phenols is 1. The Balaban J connectivity index is 2.11. The molecule has 0 radical (unpaired) electrons. The Kier molecular flexibility index (Phi) is 3.91. The number of anilines is 1. The van der Waals surface area contributed by atoms with Crippen LogP contribution in [-0.2, 0) is 5.75 Å². The highest BCUT2D eigenvalue weighted by Crippen LogP contribution is 2.31. The van der Waals surface area contributed by atoms with Crippen LogP contribution >= 0.6 is 11.8 Å². The number of nitrogens with two attached hydrogens (primary N) is 1. The third-order valence-corrected chi connectivity index (χ3v) is 3.68. The normalized spacial score (nSPS) is 10.3. The highest BCUT2D eigenvalue weighted by atomic mass is 32.2. The molecular weight excluding hydrogens is 264 g/mol. The smallest absolute Gasteiger partial charge is 0.292 e. The number of hydrogen-bond acceptors (Lipinski definition) is 5. The molecule has 0 heterocycles. The number of rotatable bonds is 4. The van der Waals surface area contributed by atoms with Gasteiger partial charge in [0.15, 0.2) is 0 Å². The van der Waals surface area contributed by atoms with Crippen molar-refractivity contribution in [2.45, 2.75) is 10.6 Å². The summed E-state index contributed by atoms with van der Waals surface area (Å²) in [5.41, 5.74) is 6.56. The van der Waals surface area contributed by atoms with E-state index in [1.165, 1.54) is 17.8 Å². The van der Waals surface area contributed by atoms with Crippen molar-refractivity contribution < 1.29 is 10.0 Å². The van der Waals surface area contributed by atoms with Gasteiger partial charge in [-0.3, -0.25) is 10.1 Å². The van der Waals surface area contributed by atoms with Gasteiger partial charge in [-0.1, -0.05) is 18.2 Å².